The van der Waals surface area contributed by atoms with Crippen molar-refractivity contribution in [1.82, 2.24) is 5.32 Å². The molecule has 2 rings (SSSR count). The van der Waals surface area contributed by atoms with Crippen molar-refractivity contribution in [3.8, 4) is 5.75 Å². The van der Waals surface area contributed by atoms with Crippen LogP contribution in [0.3, 0.4) is 0 Å². The molecule has 2 N–H and O–H groups in total. The van der Waals surface area contributed by atoms with Gasteiger partial charge in [-0.05, 0) is 29.8 Å². The third-order valence-electron chi connectivity index (χ3n) is 2.60. The first-order valence-electron chi connectivity index (χ1n) is 5.58. The zero-order valence-corrected chi connectivity index (χ0v) is 11.4. The van der Waals surface area contributed by atoms with Crippen molar-refractivity contribution in [2.45, 2.75) is 6.54 Å². The molecule has 0 bridgehead atoms. The van der Waals surface area contributed by atoms with Gasteiger partial charge >= 0.3 is 0 Å². The number of amides is 1. The Morgan fingerprint density at radius 3 is 2.58 bits per heavy atom. The Labute approximate surface area is 120 Å². The quantitative estimate of drug-likeness (QED) is 0.908. The molecule has 0 aliphatic carbocycles. The fourth-order valence-corrected chi connectivity index (χ4v) is 1.98. The predicted molar refractivity (Wildman–Crippen MR) is 75.7 cm³/mol. The van der Waals surface area contributed by atoms with E-state index in [1.807, 2.05) is 18.2 Å². The lowest BCUT2D eigenvalue weighted by Crippen LogP contribution is -2.23. The minimum Gasteiger partial charge on any atom is -0.507 e. The van der Waals surface area contributed by atoms with Gasteiger partial charge in [0.25, 0.3) is 5.91 Å². The van der Waals surface area contributed by atoms with Gasteiger partial charge in [0.2, 0.25) is 0 Å². The molecule has 0 atom stereocenters. The van der Waals surface area contributed by atoms with E-state index in [0.717, 1.165) is 5.56 Å². The van der Waals surface area contributed by atoms with E-state index < -0.39 is 0 Å². The molecule has 0 unspecified atom stereocenters. The molecule has 0 aliphatic heterocycles. The van der Waals surface area contributed by atoms with Gasteiger partial charge in [-0.1, -0.05) is 41.4 Å². The highest BCUT2D eigenvalue weighted by Gasteiger charge is 2.11. The number of benzene rings is 2. The first kappa shape index (κ1) is 13.7. The van der Waals surface area contributed by atoms with Crippen LogP contribution in [-0.4, -0.2) is 11.0 Å². The summed E-state index contributed by atoms with van der Waals surface area (Å²) in [6.07, 6.45) is 0. The Kier molecular flexibility index (Phi) is 4.30. The van der Waals surface area contributed by atoms with Gasteiger partial charge in [-0.15, -0.1) is 0 Å². The molecule has 1 amide bonds. The van der Waals surface area contributed by atoms with Gasteiger partial charge < -0.3 is 10.4 Å². The molecule has 5 heteroatoms. The number of phenolic OH excluding ortho intramolecular Hbond substituents is 1. The highest BCUT2D eigenvalue weighted by atomic mass is 35.5. The number of phenols is 1. The number of carbonyl (C=O) groups is 1. The third-order valence-corrected chi connectivity index (χ3v) is 3.21. The smallest absolute Gasteiger partial charge is 0.255 e. The molecule has 2 aromatic rings. The molecule has 3 nitrogen and oxygen atoms in total. The minimum absolute atomic E-state index is 0.149. The van der Waals surface area contributed by atoms with Gasteiger partial charge in [-0.3, -0.25) is 4.79 Å². The zero-order valence-electron chi connectivity index (χ0n) is 9.86. The van der Waals surface area contributed by atoms with E-state index in [9.17, 15) is 9.90 Å². The summed E-state index contributed by atoms with van der Waals surface area (Å²) in [5.41, 5.74) is 0.988. The first-order valence-corrected chi connectivity index (χ1v) is 6.33. The molecule has 19 heavy (non-hydrogen) atoms. The highest BCUT2D eigenvalue weighted by molar-refractivity contribution is 6.31. The summed E-state index contributed by atoms with van der Waals surface area (Å²) in [4.78, 5) is 11.9. The van der Waals surface area contributed by atoms with E-state index in [1.54, 1.807) is 12.1 Å². The van der Waals surface area contributed by atoms with E-state index in [1.165, 1.54) is 12.1 Å². The molecule has 0 aliphatic rings. The number of rotatable bonds is 3. The Hall–Kier alpha value is -1.71. The Balaban J connectivity index is 2.08. The van der Waals surface area contributed by atoms with Crippen LogP contribution < -0.4 is 5.32 Å². The summed E-state index contributed by atoms with van der Waals surface area (Å²) in [7, 11) is 0. The van der Waals surface area contributed by atoms with E-state index in [4.69, 9.17) is 23.2 Å². The van der Waals surface area contributed by atoms with Crippen LogP contribution in [0.5, 0.6) is 5.75 Å². The van der Waals surface area contributed by atoms with Crippen molar-refractivity contribution in [2.75, 3.05) is 0 Å². The van der Waals surface area contributed by atoms with Crippen LogP contribution >= 0.6 is 23.2 Å². The number of carbonyl (C=O) groups excluding carboxylic acids is 1. The molecule has 0 aromatic heterocycles. The van der Waals surface area contributed by atoms with E-state index in [-0.39, 0.29) is 17.2 Å². The molecule has 0 saturated heterocycles. The molecular weight excluding hydrogens is 285 g/mol. The summed E-state index contributed by atoms with van der Waals surface area (Å²) < 4.78 is 0. The maximum Gasteiger partial charge on any atom is 0.255 e. The number of hydrogen-bond acceptors (Lipinski definition) is 2. The van der Waals surface area contributed by atoms with Crippen LogP contribution in [0.4, 0.5) is 0 Å². The number of nitrogens with one attached hydrogen (secondary N) is 1. The van der Waals surface area contributed by atoms with Gasteiger partial charge in [0, 0.05) is 16.6 Å². The van der Waals surface area contributed by atoms with Crippen LogP contribution in [-0.2, 0) is 6.54 Å². The highest BCUT2D eigenvalue weighted by Crippen LogP contribution is 2.22. The SMILES string of the molecule is O=C(NCc1ccccc1Cl)c1ccc(Cl)cc1O. The third kappa shape index (κ3) is 3.40. The monoisotopic (exact) mass is 295 g/mol. The molecular formula is C14H11Cl2NO2. The van der Waals surface area contributed by atoms with Crippen molar-refractivity contribution in [1.29, 1.82) is 0 Å². The summed E-state index contributed by atoms with van der Waals surface area (Å²) in [6, 6.07) is 11.6. The molecule has 0 saturated carbocycles. The Morgan fingerprint density at radius 1 is 1.16 bits per heavy atom. The van der Waals surface area contributed by atoms with Crippen LogP contribution in [0.15, 0.2) is 42.5 Å². The summed E-state index contributed by atoms with van der Waals surface area (Å²) in [6.45, 7) is 0.292. The van der Waals surface area contributed by atoms with E-state index in [2.05, 4.69) is 5.32 Å². The second-order valence-corrected chi connectivity index (χ2v) is 4.78. The van der Waals surface area contributed by atoms with E-state index in [0.29, 0.717) is 16.6 Å². The average Bonchev–Trinajstić information content (AvgIpc) is 2.37. The molecule has 0 fully saturated rings. The fourth-order valence-electron chi connectivity index (χ4n) is 1.61. The number of halogens is 2. The predicted octanol–water partition coefficient (Wildman–Crippen LogP) is 3.63. The van der Waals surface area contributed by atoms with Gasteiger partial charge in [0.15, 0.2) is 0 Å². The minimum atomic E-state index is -0.380. The number of hydrogen-bond donors (Lipinski definition) is 2. The van der Waals surface area contributed by atoms with Crippen molar-refractivity contribution in [3.05, 3.63) is 63.6 Å². The Bertz CT molecular complexity index is 614. The fraction of sp³-hybridized carbons (Fsp3) is 0.0714. The average molecular weight is 296 g/mol. The first-order chi connectivity index (χ1) is 9.08. The van der Waals surface area contributed by atoms with Gasteiger partial charge in [0.05, 0.1) is 5.56 Å². The van der Waals surface area contributed by atoms with Crippen LogP contribution in [0, 0.1) is 0 Å². The van der Waals surface area contributed by atoms with Crippen molar-refractivity contribution in [2.24, 2.45) is 0 Å². The van der Waals surface area contributed by atoms with Crippen LogP contribution in [0.1, 0.15) is 15.9 Å². The van der Waals surface area contributed by atoms with Gasteiger partial charge in [-0.25, -0.2) is 0 Å². The van der Waals surface area contributed by atoms with Crippen molar-refractivity contribution >= 4 is 29.1 Å². The maximum absolute atomic E-state index is 11.9. The maximum atomic E-state index is 11.9. The zero-order chi connectivity index (χ0) is 13.8. The van der Waals surface area contributed by atoms with Crippen molar-refractivity contribution in [3.63, 3.8) is 0 Å². The van der Waals surface area contributed by atoms with E-state index >= 15 is 0 Å². The largest absolute Gasteiger partial charge is 0.507 e. The van der Waals surface area contributed by atoms with Crippen molar-refractivity contribution < 1.29 is 9.90 Å². The topological polar surface area (TPSA) is 49.3 Å². The standard InChI is InChI=1S/C14H11Cl2NO2/c15-10-5-6-11(13(18)7-10)14(19)17-8-9-3-1-2-4-12(9)16/h1-7,18H,8H2,(H,17,19). The normalized spacial score (nSPS) is 10.2. The summed E-state index contributed by atoms with van der Waals surface area (Å²) in [5.74, 6) is -0.529. The second kappa shape index (κ2) is 5.95. The Morgan fingerprint density at radius 2 is 1.89 bits per heavy atom. The number of aromatic hydroxyl groups is 1. The molecule has 0 radical (unpaired) electrons. The molecule has 0 heterocycles. The molecule has 2 aromatic carbocycles. The van der Waals surface area contributed by atoms with Gasteiger partial charge in [-0.2, -0.15) is 0 Å². The summed E-state index contributed by atoms with van der Waals surface area (Å²) in [5, 5.41) is 13.3. The lowest BCUT2D eigenvalue weighted by atomic mass is 10.1. The molecule has 98 valence electrons. The van der Waals surface area contributed by atoms with Gasteiger partial charge in [0.1, 0.15) is 5.75 Å². The van der Waals surface area contributed by atoms with Crippen LogP contribution in [0.2, 0.25) is 10.0 Å². The van der Waals surface area contributed by atoms with Crippen LogP contribution in [0.25, 0.3) is 0 Å². The summed E-state index contributed by atoms with van der Waals surface area (Å²) >= 11 is 11.7. The lowest BCUT2D eigenvalue weighted by Gasteiger charge is -2.08. The molecule has 0 spiro atoms. The second-order valence-electron chi connectivity index (χ2n) is 3.94. The lowest BCUT2D eigenvalue weighted by molar-refractivity contribution is 0.0948.